The number of carbonyl (C=O) groups excluding carboxylic acids is 1. The van der Waals surface area contributed by atoms with E-state index in [2.05, 4.69) is 20.3 Å². The Hall–Kier alpha value is -1.89. The second kappa shape index (κ2) is 6.26. The Kier molecular flexibility index (Phi) is 4.19. The second-order valence-electron chi connectivity index (χ2n) is 4.88. The van der Waals surface area contributed by atoms with E-state index in [1.165, 1.54) is 4.88 Å². The number of ether oxygens (including phenoxy) is 1. The van der Waals surface area contributed by atoms with Crippen LogP contribution >= 0.6 is 11.3 Å². The molecule has 1 aliphatic rings. The highest BCUT2D eigenvalue weighted by Crippen LogP contribution is 2.38. The lowest BCUT2D eigenvalue weighted by molar-refractivity contribution is -0.145. The van der Waals surface area contributed by atoms with Gasteiger partial charge >= 0.3 is 5.97 Å². The zero-order chi connectivity index (χ0) is 14.7. The van der Waals surface area contributed by atoms with Crippen LogP contribution in [0.25, 0.3) is 0 Å². The van der Waals surface area contributed by atoms with Crippen molar-refractivity contribution in [3.8, 4) is 0 Å². The first-order valence-electron chi connectivity index (χ1n) is 7.16. The second-order valence-corrected chi connectivity index (χ2v) is 5.97. The van der Waals surface area contributed by atoms with Gasteiger partial charge in [-0.2, -0.15) is 0 Å². The molecule has 1 aliphatic carbocycles. The summed E-state index contributed by atoms with van der Waals surface area (Å²) in [5.41, 5.74) is 0.902. The minimum absolute atomic E-state index is 0.149. The standard InChI is InChI=1S/C14H18N4O2S/c1-2-20-13(19)9-3-4-10-12(9)18-14(21-10)17-6-5-11-15-7-8-16-11/h7-9H,2-6H2,1H3,(H,15,16)(H,17,18). The molecule has 1 atom stereocenters. The number of hydrogen-bond acceptors (Lipinski definition) is 6. The summed E-state index contributed by atoms with van der Waals surface area (Å²) >= 11 is 1.64. The number of fused-ring (bicyclic) bond motifs is 1. The van der Waals surface area contributed by atoms with Gasteiger partial charge in [0.1, 0.15) is 11.7 Å². The number of aromatic amines is 1. The molecular weight excluding hydrogens is 288 g/mol. The quantitative estimate of drug-likeness (QED) is 0.799. The molecule has 0 radical (unpaired) electrons. The fourth-order valence-electron chi connectivity index (χ4n) is 2.50. The van der Waals surface area contributed by atoms with Crippen molar-refractivity contribution in [2.24, 2.45) is 0 Å². The molecule has 2 heterocycles. The third-order valence-electron chi connectivity index (χ3n) is 3.48. The van der Waals surface area contributed by atoms with Crippen molar-refractivity contribution in [3.63, 3.8) is 0 Å². The van der Waals surface area contributed by atoms with E-state index in [4.69, 9.17) is 4.74 Å². The zero-order valence-electron chi connectivity index (χ0n) is 11.9. The van der Waals surface area contributed by atoms with Gasteiger partial charge in [0.2, 0.25) is 0 Å². The highest BCUT2D eigenvalue weighted by Gasteiger charge is 2.33. The summed E-state index contributed by atoms with van der Waals surface area (Å²) in [4.78, 5) is 24.9. The van der Waals surface area contributed by atoms with Crippen molar-refractivity contribution in [2.75, 3.05) is 18.5 Å². The van der Waals surface area contributed by atoms with Crippen LogP contribution < -0.4 is 5.32 Å². The molecule has 7 heteroatoms. The summed E-state index contributed by atoms with van der Waals surface area (Å²) in [5.74, 6) is 0.622. The minimum atomic E-state index is -0.183. The number of carbonyl (C=O) groups is 1. The number of aryl methyl sites for hydroxylation is 1. The van der Waals surface area contributed by atoms with Gasteiger partial charge in [0.05, 0.1) is 12.3 Å². The van der Waals surface area contributed by atoms with Crippen LogP contribution in [0.1, 0.15) is 35.7 Å². The van der Waals surface area contributed by atoms with Gasteiger partial charge in [0.25, 0.3) is 0 Å². The van der Waals surface area contributed by atoms with Crippen LogP contribution in [0.4, 0.5) is 5.13 Å². The molecule has 3 rings (SSSR count). The van der Waals surface area contributed by atoms with E-state index >= 15 is 0 Å². The van der Waals surface area contributed by atoms with Gasteiger partial charge in [-0.05, 0) is 19.8 Å². The Labute approximate surface area is 127 Å². The van der Waals surface area contributed by atoms with Gasteiger partial charge in [-0.1, -0.05) is 0 Å². The number of rotatable bonds is 6. The van der Waals surface area contributed by atoms with E-state index in [1.807, 2.05) is 13.1 Å². The van der Waals surface area contributed by atoms with Gasteiger partial charge in [0.15, 0.2) is 5.13 Å². The molecular formula is C14H18N4O2S. The largest absolute Gasteiger partial charge is 0.465 e. The average Bonchev–Trinajstić information content (AvgIpc) is 3.14. The monoisotopic (exact) mass is 306 g/mol. The van der Waals surface area contributed by atoms with E-state index in [-0.39, 0.29) is 11.9 Å². The zero-order valence-corrected chi connectivity index (χ0v) is 12.7. The molecule has 112 valence electrons. The van der Waals surface area contributed by atoms with Crippen molar-refractivity contribution in [3.05, 3.63) is 28.8 Å². The summed E-state index contributed by atoms with van der Waals surface area (Å²) in [6.07, 6.45) is 6.11. The van der Waals surface area contributed by atoms with Crippen molar-refractivity contribution >= 4 is 22.4 Å². The lowest BCUT2D eigenvalue weighted by Crippen LogP contribution is -2.14. The topological polar surface area (TPSA) is 79.9 Å². The number of thiazole rings is 1. The van der Waals surface area contributed by atoms with Crippen molar-refractivity contribution in [1.82, 2.24) is 15.0 Å². The minimum Gasteiger partial charge on any atom is -0.465 e. The van der Waals surface area contributed by atoms with Crippen LogP contribution in [0.2, 0.25) is 0 Å². The number of nitrogens with zero attached hydrogens (tertiary/aromatic N) is 2. The maximum absolute atomic E-state index is 11.9. The Morgan fingerprint density at radius 3 is 3.29 bits per heavy atom. The first-order chi connectivity index (χ1) is 10.3. The van der Waals surface area contributed by atoms with Gasteiger partial charge in [-0.15, -0.1) is 11.3 Å². The van der Waals surface area contributed by atoms with E-state index in [0.717, 1.165) is 42.5 Å². The van der Waals surface area contributed by atoms with Gasteiger partial charge < -0.3 is 15.0 Å². The summed E-state index contributed by atoms with van der Waals surface area (Å²) in [6.45, 7) is 3.02. The van der Waals surface area contributed by atoms with E-state index in [1.54, 1.807) is 17.5 Å². The van der Waals surface area contributed by atoms with Crippen molar-refractivity contribution < 1.29 is 9.53 Å². The molecule has 21 heavy (non-hydrogen) atoms. The predicted molar refractivity (Wildman–Crippen MR) is 80.6 cm³/mol. The first-order valence-corrected chi connectivity index (χ1v) is 7.98. The summed E-state index contributed by atoms with van der Waals surface area (Å²) < 4.78 is 5.11. The van der Waals surface area contributed by atoms with Gasteiger partial charge in [0, 0.05) is 30.2 Å². The third kappa shape index (κ3) is 3.07. The summed E-state index contributed by atoms with van der Waals surface area (Å²) in [5, 5.41) is 4.17. The Balaban J connectivity index is 1.59. The smallest absolute Gasteiger partial charge is 0.315 e. The van der Waals surface area contributed by atoms with Crippen LogP contribution in [-0.2, 0) is 22.4 Å². The van der Waals surface area contributed by atoms with Crippen LogP contribution in [0.3, 0.4) is 0 Å². The van der Waals surface area contributed by atoms with Crippen molar-refractivity contribution in [2.45, 2.75) is 32.1 Å². The third-order valence-corrected chi connectivity index (χ3v) is 4.57. The first kappa shape index (κ1) is 14.1. The number of esters is 1. The van der Waals surface area contributed by atoms with E-state index in [9.17, 15) is 4.79 Å². The normalized spacial score (nSPS) is 16.7. The van der Waals surface area contributed by atoms with Gasteiger partial charge in [-0.3, -0.25) is 4.79 Å². The molecule has 0 aromatic carbocycles. The molecule has 6 nitrogen and oxygen atoms in total. The van der Waals surface area contributed by atoms with Crippen molar-refractivity contribution in [1.29, 1.82) is 0 Å². The number of anilines is 1. The molecule has 2 aromatic heterocycles. The Morgan fingerprint density at radius 2 is 2.52 bits per heavy atom. The summed E-state index contributed by atoms with van der Waals surface area (Å²) in [6, 6.07) is 0. The number of hydrogen-bond donors (Lipinski definition) is 2. The van der Waals surface area contributed by atoms with Crippen LogP contribution in [-0.4, -0.2) is 34.1 Å². The fraction of sp³-hybridized carbons (Fsp3) is 0.500. The molecule has 2 aromatic rings. The molecule has 0 bridgehead atoms. The average molecular weight is 306 g/mol. The van der Waals surface area contributed by atoms with Gasteiger partial charge in [-0.25, -0.2) is 9.97 Å². The van der Waals surface area contributed by atoms with Crippen LogP contribution in [0.15, 0.2) is 12.4 Å². The lowest BCUT2D eigenvalue weighted by atomic mass is 10.1. The number of nitrogens with one attached hydrogen (secondary N) is 2. The molecule has 0 aliphatic heterocycles. The molecule has 0 fully saturated rings. The Bertz CT molecular complexity index is 609. The molecule has 1 unspecified atom stereocenters. The lowest BCUT2D eigenvalue weighted by Gasteiger charge is -2.08. The SMILES string of the molecule is CCOC(=O)C1CCc2sc(NCCc3ncc[nH]3)nc21. The highest BCUT2D eigenvalue weighted by molar-refractivity contribution is 7.15. The maximum Gasteiger partial charge on any atom is 0.315 e. The molecule has 2 N–H and O–H groups in total. The van der Waals surface area contributed by atoms with E-state index in [0.29, 0.717) is 6.61 Å². The molecule has 0 saturated heterocycles. The van der Waals surface area contributed by atoms with Crippen LogP contribution in [0.5, 0.6) is 0 Å². The summed E-state index contributed by atoms with van der Waals surface area (Å²) in [7, 11) is 0. The number of imidazole rings is 1. The molecule has 0 amide bonds. The van der Waals surface area contributed by atoms with E-state index < -0.39 is 0 Å². The fourth-order valence-corrected chi connectivity index (χ4v) is 3.56. The maximum atomic E-state index is 11.9. The molecule has 0 spiro atoms. The highest BCUT2D eigenvalue weighted by atomic mass is 32.1. The van der Waals surface area contributed by atoms with Crippen LogP contribution in [0, 0.1) is 0 Å². The Morgan fingerprint density at radius 1 is 1.62 bits per heavy atom. The molecule has 0 saturated carbocycles. The predicted octanol–water partition coefficient (Wildman–Crippen LogP) is 2.11. The number of H-pyrrole nitrogens is 1. The number of aromatic nitrogens is 3.